The molecule has 0 radical (unpaired) electrons. The quantitative estimate of drug-likeness (QED) is 0.556. The summed E-state index contributed by atoms with van der Waals surface area (Å²) in [7, 11) is 1.61. The van der Waals surface area contributed by atoms with E-state index in [9.17, 15) is 4.79 Å². The zero-order chi connectivity index (χ0) is 17.6. The molecular formula is C19H20N4O2. The van der Waals surface area contributed by atoms with Crippen LogP contribution in [0.25, 0.3) is 11.0 Å². The minimum atomic E-state index is -0.236. The molecule has 0 spiro atoms. The molecule has 1 atom stereocenters. The Hall–Kier alpha value is -3.15. The van der Waals surface area contributed by atoms with Gasteiger partial charge >= 0.3 is 0 Å². The van der Waals surface area contributed by atoms with Crippen molar-refractivity contribution in [3.63, 3.8) is 0 Å². The Kier molecular flexibility index (Phi) is 5.09. The van der Waals surface area contributed by atoms with Gasteiger partial charge in [0.1, 0.15) is 5.75 Å². The number of fused-ring (bicyclic) bond motifs is 1. The summed E-state index contributed by atoms with van der Waals surface area (Å²) in [6.07, 6.45) is 3.35. The zero-order valence-corrected chi connectivity index (χ0v) is 14.2. The Balaban J connectivity index is 1.60. The summed E-state index contributed by atoms with van der Waals surface area (Å²) in [5.74, 6) is 0.368. The third kappa shape index (κ3) is 4.03. The fourth-order valence-corrected chi connectivity index (χ4v) is 2.54. The van der Waals surface area contributed by atoms with Gasteiger partial charge in [0.15, 0.2) is 0 Å². The molecule has 0 saturated heterocycles. The summed E-state index contributed by atoms with van der Waals surface area (Å²) in [5, 5.41) is 4.02. The minimum Gasteiger partial charge on any atom is -0.497 e. The van der Waals surface area contributed by atoms with Gasteiger partial charge in [-0.3, -0.25) is 4.79 Å². The summed E-state index contributed by atoms with van der Waals surface area (Å²) in [5.41, 5.74) is 5.38. The van der Waals surface area contributed by atoms with E-state index >= 15 is 0 Å². The van der Waals surface area contributed by atoms with Crippen LogP contribution in [-0.4, -0.2) is 28.8 Å². The van der Waals surface area contributed by atoms with Crippen LogP contribution in [0.5, 0.6) is 5.75 Å². The third-order valence-electron chi connectivity index (χ3n) is 3.93. The maximum absolute atomic E-state index is 12.2. The van der Waals surface area contributed by atoms with Gasteiger partial charge in [-0.2, -0.15) is 5.10 Å². The van der Waals surface area contributed by atoms with Gasteiger partial charge in [-0.15, -0.1) is 0 Å². The highest BCUT2D eigenvalue weighted by atomic mass is 16.5. The number of ether oxygens (including phenoxy) is 1. The summed E-state index contributed by atoms with van der Waals surface area (Å²) in [4.78, 5) is 16.6. The van der Waals surface area contributed by atoms with Gasteiger partial charge in [0.25, 0.3) is 0 Å². The van der Waals surface area contributed by atoms with Crippen LogP contribution < -0.4 is 10.2 Å². The lowest BCUT2D eigenvalue weighted by Crippen LogP contribution is -2.27. The van der Waals surface area contributed by atoms with Crippen molar-refractivity contribution in [2.75, 3.05) is 7.11 Å². The highest BCUT2D eigenvalue weighted by molar-refractivity contribution is 5.83. The molecule has 3 rings (SSSR count). The van der Waals surface area contributed by atoms with Gasteiger partial charge in [-0.25, -0.2) is 10.4 Å². The van der Waals surface area contributed by atoms with Gasteiger partial charge in [0, 0.05) is 6.54 Å². The number of hydrogen-bond acceptors (Lipinski definition) is 4. The monoisotopic (exact) mass is 336 g/mol. The predicted molar refractivity (Wildman–Crippen MR) is 97.6 cm³/mol. The maximum Gasteiger partial charge on any atom is 0.244 e. The van der Waals surface area contributed by atoms with Crippen LogP contribution in [0.3, 0.4) is 0 Å². The number of aromatic nitrogens is 2. The molecule has 0 aliphatic rings. The van der Waals surface area contributed by atoms with Gasteiger partial charge in [0.2, 0.25) is 5.91 Å². The van der Waals surface area contributed by atoms with Crippen LogP contribution in [0.15, 0.2) is 60.0 Å². The molecule has 1 N–H and O–H groups in total. The number of nitrogens with one attached hydrogen (secondary N) is 1. The average Bonchev–Trinajstić information content (AvgIpc) is 3.05. The van der Waals surface area contributed by atoms with Crippen LogP contribution in [0, 0.1) is 5.92 Å². The second-order valence-electron chi connectivity index (χ2n) is 5.80. The number of rotatable bonds is 6. The summed E-state index contributed by atoms with van der Waals surface area (Å²) in [6.45, 7) is 2.41. The van der Waals surface area contributed by atoms with E-state index < -0.39 is 0 Å². The number of amides is 1. The molecule has 0 aliphatic heterocycles. The van der Waals surface area contributed by atoms with Gasteiger partial charge < -0.3 is 9.30 Å². The van der Waals surface area contributed by atoms with Crippen molar-refractivity contribution in [1.29, 1.82) is 0 Å². The molecule has 6 nitrogen and oxygen atoms in total. The van der Waals surface area contributed by atoms with Crippen molar-refractivity contribution in [3.05, 3.63) is 60.4 Å². The molecule has 1 amide bonds. The Morgan fingerprint density at radius 3 is 3.00 bits per heavy atom. The van der Waals surface area contributed by atoms with Crippen molar-refractivity contribution < 1.29 is 9.53 Å². The van der Waals surface area contributed by atoms with Crippen LogP contribution in [0.2, 0.25) is 0 Å². The van der Waals surface area contributed by atoms with E-state index in [-0.39, 0.29) is 11.8 Å². The largest absolute Gasteiger partial charge is 0.497 e. The molecule has 0 saturated carbocycles. The lowest BCUT2D eigenvalue weighted by atomic mass is 10.1. The number of imidazole rings is 1. The van der Waals surface area contributed by atoms with Crippen LogP contribution in [-0.2, 0) is 11.3 Å². The number of benzene rings is 2. The number of methoxy groups -OCH3 is 1. The SMILES string of the molecule is COc1cccc(C=NNC(=O)C(C)Cn2cnc3ccccc32)c1. The Labute approximate surface area is 146 Å². The predicted octanol–water partition coefficient (Wildman–Crippen LogP) is 2.83. The molecule has 1 aromatic heterocycles. The van der Waals surface area contributed by atoms with Crippen molar-refractivity contribution in [2.45, 2.75) is 13.5 Å². The first-order valence-corrected chi connectivity index (χ1v) is 8.04. The van der Waals surface area contributed by atoms with Crippen LogP contribution >= 0.6 is 0 Å². The first kappa shape index (κ1) is 16.7. The number of carbonyl (C=O) groups is 1. The lowest BCUT2D eigenvalue weighted by molar-refractivity contribution is -0.124. The molecule has 3 aromatic rings. The van der Waals surface area contributed by atoms with E-state index in [1.807, 2.05) is 60.0 Å². The maximum atomic E-state index is 12.2. The number of hydrogen-bond donors (Lipinski definition) is 1. The van der Waals surface area contributed by atoms with E-state index in [2.05, 4.69) is 15.5 Å². The molecule has 2 aromatic carbocycles. The third-order valence-corrected chi connectivity index (χ3v) is 3.93. The first-order valence-electron chi connectivity index (χ1n) is 8.04. The average molecular weight is 336 g/mol. The van der Waals surface area contributed by atoms with Crippen molar-refractivity contribution in [2.24, 2.45) is 11.0 Å². The highest BCUT2D eigenvalue weighted by Crippen LogP contribution is 2.14. The summed E-state index contributed by atoms with van der Waals surface area (Å²) < 4.78 is 7.13. The molecule has 0 fully saturated rings. The molecular weight excluding hydrogens is 316 g/mol. The lowest BCUT2D eigenvalue weighted by Gasteiger charge is -2.11. The molecule has 1 unspecified atom stereocenters. The van der Waals surface area contributed by atoms with E-state index in [1.165, 1.54) is 0 Å². The van der Waals surface area contributed by atoms with E-state index in [0.717, 1.165) is 22.3 Å². The number of hydrazone groups is 1. The fraction of sp³-hybridized carbons (Fsp3) is 0.211. The Bertz CT molecular complexity index is 901. The van der Waals surface area contributed by atoms with Crippen molar-refractivity contribution >= 4 is 23.2 Å². The number of nitrogens with zero attached hydrogens (tertiary/aromatic N) is 3. The first-order chi connectivity index (χ1) is 12.2. The summed E-state index contributed by atoms with van der Waals surface area (Å²) in [6, 6.07) is 15.3. The van der Waals surface area contributed by atoms with E-state index in [4.69, 9.17) is 4.74 Å². The van der Waals surface area contributed by atoms with Crippen LogP contribution in [0.4, 0.5) is 0 Å². The second-order valence-corrected chi connectivity index (χ2v) is 5.80. The number of para-hydroxylation sites is 2. The highest BCUT2D eigenvalue weighted by Gasteiger charge is 2.14. The standard InChI is InChI=1S/C19H20N4O2/c1-14(12-23-13-20-17-8-3-4-9-18(17)23)19(24)22-21-11-15-6-5-7-16(10-15)25-2/h3-11,13-14H,12H2,1-2H3,(H,22,24). The summed E-state index contributed by atoms with van der Waals surface area (Å²) >= 11 is 0. The molecule has 6 heteroatoms. The Morgan fingerprint density at radius 1 is 1.32 bits per heavy atom. The van der Waals surface area contributed by atoms with Gasteiger partial charge in [-0.05, 0) is 29.8 Å². The molecule has 25 heavy (non-hydrogen) atoms. The minimum absolute atomic E-state index is 0.142. The van der Waals surface area contributed by atoms with E-state index in [1.54, 1.807) is 19.7 Å². The normalized spacial score (nSPS) is 12.4. The molecule has 1 heterocycles. The van der Waals surface area contributed by atoms with Crippen molar-refractivity contribution in [3.8, 4) is 5.75 Å². The molecule has 128 valence electrons. The van der Waals surface area contributed by atoms with Gasteiger partial charge in [-0.1, -0.05) is 31.2 Å². The smallest absolute Gasteiger partial charge is 0.244 e. The van der Waals surface area contributed by atoms with Crippen LogP contribution in [0.1, 0.15) is 12.5 Å². The zero-order valence-electron chi connectivity index (χ0n) is 14.2. The van der Waals surface area contributed by atoms with Crippen molar-refractivity contribution in [1.82, 2.24) is 15.0 Å². The molecule has 0 bridgehead atoms. The fourth-order valence-electron chi connectivity index (χ4n) is 2.54. The topological polar surface area (TPSA) is 68.5 Å². The second kappa shape index (κ2) is 7.61. The molecule has 0 aliphatic carbocycles. The van der Waals surface area contributed by atoms with Gasteiger partial charge in [0.05, 0.1) is 36.6 Å². The Morgan fingerprint density at radius 2 is 2.16 bits per heavy atom. The number of carbonyl (C=O) groups excluding carboxylic acids is 1. The van der Waals surface area contributed by atoms with E-state index in [0.29, 0.717) is 6.54 Å².